The maximum atomic E-state index is 12.5. The summed E-state index contributed by atoms with van der Waals surface area (Å²) in [6, 6.07) is 17.6. The number of benzene rings is 2. The average molecular weight is 451 g/mol. The zero-order valence-corrected chi connectivity index (χ0v) is 19.2. The van der Waals surface area contributed by atoms with Crippen LogP contribution in [0.2, 0.25) is 0 Å². The summed E-state index contributed by atoms with van der Waals surface area (Å²) in [6.07, 6.45) is 3.27. The van der Waals surface area contributed by atoms with E-state index in [2.05, 4.69) is 50.8 Å². The van der Waals surface area contributed by atoms with Crippen molar-refractivity contribution < 1.29 is 14.3 Å². The summed E-state index contributed by atoms with van der Waals surface area (Å²) in [5.41, 5.74) is 2.48. The maximum absolute atomic E-state index is 12.5. The highest BCUT2D eigenvalue weighted by Crippen LogP contribution is 2.17. The zero-order chi connectivity index (χ0) is 22.9. The second kappa shape index (κ2) is 11.8. The highest BCUT2D eigenvalue weighted by molar-refractivity contribution is 5.98. The molecule has 2 aliphatic heterocycles. The predicted molar refractivity (Wildman–Crippen MR) is 131 cm³/mol. The van der Waals surface area contributed by atoms with Crippen LogP contribution >= 0.6 is 0 Å². The third kappa shape index (κ3) is 6.79. The van der Waals surface area contributed by atoms with E-state index in [1.54, 1.807) is 24.3 Å². The van der Waals surface area contributed by atoms with Gasteiger partial charge in [0.15, 0.2) is 0 Å². The molecule has 0 aromatic heterocycles. The number of carbonyl (C=O) groups is 2. The van der Waals surface area contributed by atoms with Crippen molar-refractivity contribution in [2.24, 2.45) is 0 Å². The Balaban J connectivity index is 1.12. The number of ether oxygens (including phenoxy) is 1. The topological polar surface area (TPSA) is 73.9 Å². The molecule has 2 saturated heterocycles. The standard InChI is InChI=1S/C26H34N4O3/c31-25(21-8-6-9-22(20-21)28-26(32)24-12-7-19-33-24)27-13-4-5-14-29-15-17-30(18-16-29)23-10-2-1-3-11-23/h1-3,6,8-11,20,24H,4-5,7,12-19H2,(H,27,31)(H,28,32). The minimum Gasteiger partial charge on any atom is -0.369 e. The van der Waals surface area contributed by atoms with Crippen molar-refractivity contribution in [1.82, 2.24) is 10.2 Å². The number of unbranched alkanes of at least 4 members (excludes halogenated alkanes) is 1. The lowest BCUT2D eigenvalue weighted by Gasteiger charge is -2.36. The third-order valence-corrected chi connectivity index (χ3v) is 6.29. The molecule has 33 heavy (non-hydrogen) atoms. The van der Waals surface area contributed by atoms with E-state index in [4.69, 9.17) is 4.74 Å². The summed E-state index contributed by atoms with van der Waals surface area (Å²) in [5, 5.41) is 5.85. The van der Waals surface area contributed by atoms with Crippen molar-refractivity contribution in [3.05, 3.63) is 60.2 Å². The van der Waals surface area contributed by atoms with Gasteiger partial charge in [-0.25, -0.2) is 0 Å². The SMILES string of the molecule is O=C(NCCCCN1CCN(c2ccccc2)CC1)c1cccc(NC(=O)C2CCCO2)c1. The largest absolute Gasteiger partial charge is 0.369 e. The van der Waals surface area contributed by atoms with E-state index in [9.17, 15) is 9.59 Å². The predicted octanol–water partition coefficient (Wildman–Crippen LogP) is 3.14. The molecule has 2 N–H and O–H groups in total. The number of rotatable bonds is 9. The lowest BCUT2D eigenvalue weighted by atomic mass is 10.1. The minimum absolute atomic E-state index is 0.111. The Kier molecular flexibility index (Phi) is 8.33. The molecule has 2 aliphatic rings. The molecule has 0 saturated carbocycles. The van der Waals surface area contributed by atoms with E-state index in [0.29, 0.717) is 24.4 Å². The van der Waals surface area contributed by atoms with Gasteiger partial charge in [-0.3, -0.25) is 14.5 Å². The Morgan fingerprint density at radius 1 is 0.970 bits per heavy atom. The van der Waals surface area contributed by atoms with Crippen molar-refractivity contribution in [2.75, 3.05) is 56.1 Å². The van der Waals surface area contributed by atoms with Crippen molar-refractivity contribution in [1.29, 1.82) is 0 Å². The van der Waals surface area contributed by atoms with Crippen LogP contribution in [-0.4, -0.2) is 68.7 Å². The van der Waals surface area contributed by atoms with Gasteiger partial charge in [0.1, 0.15) is 6.10 Å². The van der Waals surface area contributed by atoms with Gasteiger partial charge in [-0.05, 0) is 62.6 Å². The fraction of sp³-hybridized carbons (Fsp3) is 0.462. The smallest absolute Gasteiger partial charge is 0.253 e. The summed E-state index contributed by atoms with van der Waals surface area (Å²) < 4.78 is 5.41. The van der Waals surface area contributed by atoms with Crippen LogP contribution in [0.15, 0.2) is 54.6 Å². The van der Waals surface area contributed by atoms with Gasteiger partial charge in [0, 0.05) is 56.3 Å². The van der Waals surface area contributed by atoms with E-state index in [0.717, 1.165) is 58.4 Å². The molecule has 176 valence electrons. The van der Waals surface area contributed by atoms with E-state index >= 15 is 0 Å². The highest BCUT2D eigenvalue weighted by atomic mass is 16.5. The van der Waals surface area contributed by atoms with Crippen LogP contribution < -0.4 is 15.5 Å². The van der Waals surface area contributed by atoms with Crippen LogP contribution in [0.4, 0.5) is 11.4 Å². The van der Waals surface area contributed by atoms with Crippen LogP contribution in [0, 0.1) is 0 Å². The number of nitrogens with one attached hydrogen (secondary N) is 2. The van der Waals surface area contributed by atoms with Crippen molar-refractivity contribution >= 4 is 23.2 Å². The molecule has 2 amide bonds. The first-order valence-electron chi connectivity index (χ1n) is 12.0. The molecule has 4 rings (SSSR count). The molecular weight excluding hydrogens is 416 g/mol. The average Bonchev–Trinajstić information content (AvgIpc) is 3.40. The molecule has 0 radical (unpaired) electrons. The number of hydrogen-bond donors (Lipinski definition) is 2. The van der Waals surface area contributed by atoms with Crippen molar-refractivity contribution in [3.8, 4) is 0 Å². The summed E-state index contributed by atoms with van der Waals surface area (Å²) in [6.45, 7) is 6.60. The summed E-state index contributed by atoms with van der Waals surface area (Å²) in [7, 11) is 0. The van der Waals surface area contributed by atoms with E-state index in [1.165, 1.54) is 5.69 Å². The summed E-state index contributed by atoms with van der Waals surface area (Å²) >= 11 is 0. The molecule has 2 aromatic carbocycles. The Hall–Kier alpha value is -2.90. The normalized spacial score (nSPS) is 18.8. The van der Waals surface area contributed by atoms with Gasteiger partial charge in [0.25, 0.3) is 11.8 Å². The number of nitrogens with zero attached hydrogens (tertiary/aromatic N) is 2. The van der Waals surface area contributed by atoms with Crippen molar-refractivity contribution in [2.45, 2.75) is 31.8 Å². The first-order valence-corrected chi connectivity index (χ1v) is 12.0. The van der Waals surface area contributed by atoms with E-state index in [-0.39, 0.29) is 17.9 Å². The second-order valence-corrected chi connectivity index (χ2v) is 8.70. The highest BCUT2D eigenvalue weighted by Gasteiger charge is 2.23. The molecule has 2 fully saturated rings. The van der Waals surface area contributed by atoms with Gasteiger partial charge in [-0.2, -0.15) is 0 Å². The van der Waals surface area contributed by atoms with Crippen LogP contribution in [0.1, 0.15) is 36.0 Å². The Bertz CT molecular complexity index is 907. The lowest BCUT2D eigenvalue weighted by molar-refractivity contribution is -0.124. The molecule has 1 unspecified atom stereocenters. The van der Waals surface area contributed by atoms with Gasteiger partial charge >= 0.3 is 0 Å². The van der Waals surface area contributed by atoms with Gasteiger partial charge in [0.05, 0.1) is 0 Å². The minimum atomic E-state index is -0.385. The van der Waals surface area contributed by atoms with E-state index < -0.39 is 0 Å². The van der Waals surface area contributed by atoms with Gasteiger partial charge in [0.2, 0.25) is 0 Å². The van der Waals surface area contributed by atoms with E-state index in [1.807, 2.05) is 0 Å². The number of carbonyl (C=O) groups excluding carboxylic acids is 2. The Morgan fingerprint density at radius 2 is 1.79 bits per heavy atom. The molecule has 0 aliphatic carbocycles. The van der Waals surface area contributed by atoms with Gasteiger partial charge in [-0.15, -0.1) is 0 Å². The first kappa shape index (κ1) is 23.3. The summed E-state index contributed by atoms with van der Waals surface area (Å²) in [4.78, 5) is 29.7. The molecule has 0 bridgehead atoms. The number of piperazine rings is 1. The number of para-hydroxylation sites is 1. The van der Waals surface area contributed by atoms with Crippen molar-refractivity contribution in [3.63, 3.8) is 0 Å². The maximum Gasteiger partial charge on any atom is 0.253 e. The first-order chi connectivity index (χ1) is 16.2. The molecule has 7 nitrogen and oxygen atoms in total. The Labute approximate surface area is 196 Å². The Morgan fingerprint density at radius 3 is 2.55 bits per heavy atom. The fourth-order valence-corrected chi connectivity index (χ4v) is 4.38. The molecule has 0 spiro atoms. The molecule has 2 aromatic rings. The van der Waals surface area contributed by atoms with Crippen LogP contribution in [0.3, 0.4) is 0 Å². The monoisotopic (exact) mass is 450 g/mol. The fourth-order valence-electron chi connectivity index (χ4n) is 4.38. The number of hydrogen-bond acceptors (Lipinski definition) is 5. The lowest BCUT2D eigenvalue weighted by Crippen LogP contribution is -2.46. The van der Waals surface area contributed by atoms with Crippen LogP contribution in [-0.2, 0) is 9.53 Å². The molecule has 7 heteroatoms. The van der Waals surface area contributed by atoms with Crippen LogP contribution in [0.5, 0.6) is 0 Å². The molecule has 2 heterocycles. The molecule has 1 atom stereocenters. The van der Waals surface area contributed by atoms with Gasteiger partial charge in [-0.1, -0.05) is 24.3 Å². The third-order valence-electron chi connectivity index (χ3n) is 6.29. The van der Waals surface area contributed by atoms with Gasteiger partial charge < -0.3 is 20.3 Å². The zero-order valence-electron chi connectivity index (χ0n) is 19.2. The summed E-state index contributed by atoms with van der Waals surface area (Å²) in [5.74, 6) is -0.255. The quantitative estimate of drug-likeness (QED) is 0.574. The molecular formula is C26H34N4O3. The second-order valence-electron chi connectivity index (χ2n) is 8.70. The number of amides is 2. The van der Waals surface area contributed by atoms with Crippen LogP contribution in [0.25, 0.3) is 0 Å². The number of anilines is 2.